The molecule has 0 aliphatic carbocycles. The van der Waals surface area contributed by atoms with Crippen molar-refractivity contribution in [3.63, 3.8) is 0 Å². The van der Waals surface area contributed by atoms with Gasteiger partial charge in [-0.15, -0.1) is 10.2 Å². The van der Waals surface area contributed by atoms with Gasteiger partial charge in [0, 0.05) is 5.56 Å². The predicted octanol–water partition coefficient (Wildman–Crippen LogP) is 4.30. The number of aryl methyl sites for hydroxylation is 1. The lowest BCUT2D eigenvalue weighted by atomic mass is 9.85. The van der Waals surface area contributed by atoms with E-state index in [1.165, 1.54) is 16.2 Å². The zero-order valence-corrected chi connectivity index (χ0v) is 20.8. The topological polar surface area (TPSA) is 113 Å². The van der Waals surface area contributed by atoms with Crippen LogP contribution in [0.4, 0.5) is 5.13 Å². The highest BCUT2D eigenvalue weighted by molar-refractivity contribution is 7.15. The van der Waals surface area contributed by atoms with Crippen molar-refractivity contribution >= 4 is 28.2 Å². The summed E-state index contributed by atoms with van der Waals surface area (Å²) in [6, 6.07) is 13.2. The Kier molecular flexibility index (Phi) is 6.73. The largest absolute Gasteiger partial charge is 0.503 e. The monoisotopic (exact) mass is 493 g/mol. The van der Waals surface area contributed by atoms with E-state index in [0.29, 0.717) is 27.0 Å². The van der Waals surface area contributed by atoms with Crippen molar-refractivity contribution in [2.75, 3.05) is 18.1 Å². The van der Waals surface area contributed by atoms with Gasteiger partial charge in [0.05, 0.1) is 18.2 Å². The van der Waals surface area contributed by atoms with E-state index in [1.54, 1.807) is 31.2 Å². The third kappa shape index (κ3) is 4.82. The van der Waals surface area contributed by atoms with Gasteiger partial charge < -0.3 is 14.9 Å². The second-order valence-corrected chi connectivity index (χ2v) is 10.4. The Hall–Kier alpha value is -3.56. The molecule has 9 heteroatoms. The molecule has 1 aromatic heterocycles. The molecule has 1 aliphatic rings. The maximum Gasteiger partial charge on any atom is 0.296 e. The Morgan fingerprint density at radius 1 is 1.09 bits per heavy atom. The highest BCUT2D eigenvalue weighted by Gasteiger charge is 2.46. The summed E-state index contributed by atoms with van der Waals surface area (Å²) in [5.74, 6) is -1.28. The molecule has 35 heavy (non-hydrogen) atoms. The normalized spacial score (nSPS) is 16.2. The minimum atomic E-state index is -0.860. The van der Waals surface area contributed by atoms with E-state index >= 15 is 0 Å². The van der Waals surface area contributed by atoms with Crippen LogP contribution in [0.2, 0.25) is 0 Å². The average Bonchev–Trinajstić information content (AvgIpc) is 3.37. The van der Waals surface area contributed by atoms with E-state index in [-0.39, 0.29) is 24.2 Å². The van der Waals surface area contributed by atoms with E-state index < -0.39 is 23.5 Å². The Morgan fingerprint density at radius 2 is 1.74 bits per heavy atom. The molecule has 1 aliphatic heterocycles. The van der Waals surface area contributed by atoms with Gasteiger partial charge in [-0.3, -0.25) is 14.5 Å². The molecule has 1 amide bonds. The van der Waals surface area contributed by atoms with E-state index in [1.807, 2.05) is 24.3 Å². The summed E-state index contributed by atoms with van der Waals surface area (Å²) < 4.78 is 5.36. The SMILES string of the molecule is Cc1nnc(N2C(=O)C(O)=C(C(=O)c3ccc(OCCO)cc3)C2c2ccc(C(C)(C)C)cc2)s1. The van der Waals surface area contributed by atoms with E-state index in [0.717, 1.165) is 5.56 Å². The first kappa shape index (κ1) is 24.6. The first-order valence-electron chi connectivity index (χ1n) is 11.2. The molecule has 0 fully saturated rings. The third-order valence-corrected chi connectivity index (χ3v) is 6.58. The number of amides is 1. The predicted molar refractivity (Wildman–Crippen MR) is 133 cm³/mol. The molecule has 0 saturated carbocycles. The van der Waals surface area contributed by atoms with Crippen molar-refractivity contribution in [2.24, 2.45) is 0 Å². The fraction of sp³-hybridized carbons (Fsp3) is 0.308. The van der Waals surface area contributed by atoms with E-state index in [2.05, 4.69) is 31.0 Å². The summed E-state index contributed by atoms with van der Waals surface area (Å²) in [4.78, 5) is 28.1. The minimum Gasteiger partial charge on any atom is -0.503 e. The van der Waals surface area contributed by atoms with Crippen molar-refractivity contribution in [1.29, 1.82) is 0 Å². The second kappa shape index (κ2) is 9.59. The number of anilines is 1. The molecule has 8 nitrogen and oxygen atoms in total. The van der Waals surface area contributed by atoms with Gasteiger partial charge in [0.25, 0.3) is 5.91 Å². The second-order valence-electron chi connectivity index (χ2n) is 9.24. The number of benzene rings is 2. The number of rotatable bonds is 7. The van der Waals surface area contributed by atoms with Crippen LogP contribution in [-0.4, -0.2) is 45.3 Å². The van der Waals surface area contributed by atoms with Gasteiger partial charge in [-0.1, -0.05) is 56.4 Å². The number of hydrogen-bond donors (Lipinski definition) is 2. The van der Waals surface area contributed by atoms with E-state index in [4.69, 9.17) is 9.84 Å². The van der Waals surface area contributed by atoms with Crippen LogP contribution in [0.3, 0.4) is 0 Å². The highest BCUT2D eigenvalue weighted by atomic mass is 32.1. The number of Topliss-reactive ketones (excluding diaryl/α,β-unsaturated/α-hetero) is 1. The fourth-order valence-corrected chi connectivity index (χ4v) is 4.63. The number of carbonyl (C=O) groups is 2. The highest BCUT2D eigenvalue weighted by Crippen LogP contribution is 2.43. The van der Waals surface area contributed by atoms with Crippen molar-refractivity contribution in [3.8, 4) is 5.75 Å². The molecule has 2 aromatic carbocycles. The fourth-order valence-electron chi connectivity index (χ4n) is 3.92. The zero-order valence-electron chi connectivity index (χ0n) is 20.0. The number of ketones is 1. The molecule has 1 atom stereocenters. The first-order valence-corrected chi connectivity index (χ1v) is 12.0. The summed E-state index contributed by atoms with van der Waals surface area (Å²) in [6.45, 7) is 8.09. The number of hydrogen-bond acceptors (Lipinski definition) is 8. The molecule has 182 valence electrons. The van der Waals surface area contributed by atoms with Gasteiger partial charge in [-0.25, -0.2) is 0 Å². The molecule has 2 heterocycles. The molecule has 0 radical (unpaired) electrons. The standard InChI is InChI=1S/C26H27N3O5S/c1-15-27-28-25(35-15)29-21(16-5-9-18(10-6-16)26(2,3)4)20(23(32)24(29)33)22(31)17-7-11-19(12-8-17)34-14-13-30/h5-12,21,30,32H,13-14H2,1-4H3. The lowest BCUT2D eigenvalue weighted by Gasteiger charge is -2.25. The molecule has 0 saturated heterocycles. The van der Waals surface area contributed by atoms with Crippen molar-refractivity contribution in [2.45, 2.75) is 39.2 Å². The van der Waals surface area contributed by atoms with Gasteiger partial charge in [0.2, 0.25) is 5.13 Å². The van der Waals surface area contributed by atoms with Crippen molar-refractivity contribution in [1.82, 2.24) is 10.2 Å². The number of aromatic nitrogens is 2. The summed E-state index contributed by atoms with van der Waals surface area (Å²) in [7, 11) is 0. The number of carbonyl (C=O) groups excluding carboxylic acids is 2. The maximum atomic E-state index is 13.6. The van der Waals surface area contributed by atoms with Crippen LogP contribution in [0.5, 0.6) is 5.75 Å². The van der Waals surface area contributed by atoms with Crippen LogP contribution < -0.4 is 9.64 Å². The maximum absolute atomic E-state index is 13.6. The zero-order chi connectivity index (χ0) is 25.3. The Balaban J connectivity index is 1.77. The number of aliphatic hydroxyl groups excluding tert-OH is 2. The van der Waals surface area contributed by atoms with Gasteiger partial charge in [-0.05, 0) is 47.7 Å². The van der Waals surface area contributed by atoms with Gasteiger partial charge in [-0.2, -0.15) is 0 Å². The quantitative estimate of drug-likeness (QED) is 0.472. The molecular weight excluding hydrogens is 466 g/mol. The summed E-state index contributed by atoms with van der Waals surface area (Å²) in [5, 5.41) is 28.9. The van der Waals surface area contributed by atoms with Gasteiger partial charge in [0.15, 0.2) is 11.5 Å². The van der Waals surface area contributed by atoms with Crippen LogP contribution in [0, 0.1) is 6.92 Å². The smallest absolute Gasteiger partial charge is 0.296 e. The molecule has 0 bridgehead atoms. The van der Waals surface area contributed by atoms with Crippen LogP contribution in [0.1, 0.15) is 53.3 Å². The van der Waals surface area contributed by atoms with Crippen LogP contribution in [-0.2, 0) is 10.2 Å². The molecular formula is C26H27N3O5S. The van der Waals surface area contributed by atoms with Crippen molar-refractivity contribution in [3.05, 3.63) is 81.6 Å². The molecule has 1 unspecified atom stereocenters. The van der Waals surface area contributed by atoms with Gasteiger partial charge in [0.1, 0.15) is 17.4 Å². The summed E-state index contributed by atoms with van der Waals surface area (Å²) in [6.07, 6.45) is 0. The molecule has 0 spiro atoms. The lowest BCUT2D eigenvalue weighted by Crippen LogP contribution is -2.31. The Morgan fingerprint density at radius 3 is 2.29 bits per heavy atom. The summed E-state index contributed by atoms with van der Waals surface area (Å²) in [5.41, 5.74) is 1.98. The average molecular weight is 494 g/mol. The Labute approximate surface area is 207 Å². The number of aliphatic hydroxyl groups is 2. The van der Waals surface area contributed by atoms with Crippen LogP contribution in [0.25, 0.3) is 0 Å². The summed E-state index contributed by atoms with van der Waals surface area (Å²) >= 11 is 1.21. The first-order chi connectivity index (χ1) is 16.6. The van der Waals surface area contributed by atoms with Crippen LogP contribution >= 0.6 is 11.3 Å². The minimum absolute atomic E-state index is 0.0182. The molecule has 4 rings (SSSR count). The van der Waals surface area contributed by atoms with Crippen LogP contribution in [0.15, 0.2) is 59.9 Å². The third-order valence-electron chi connectivity index (χ3n) is 5.74. The number of ether oxygens (including phenoxy) is 1. The van der Waals surface area contributed by atoms with Crippen molar-refractivity contribution < 1.29 is 24.5 Å². The van der Waals surface area contributed by atoms with E-state index in [9.17, 15) is 14.7 Å². The Bertz CT molecular complexity index is 1270. The van der Waals surface area contributed by atoms with Gasteiger partial charge >= 0.3 is 0 Å². The molecule has 2 N–H and O–H groups in total. The lowest BCUT2D eigenvalue weighted by molar-refractivity contribution is -0.117. The molecule has 3 aromatic rings. The number of nitrogens with zero attached hydrogens (tertiary/aromatic N) is 3.